The number of nitrogens with zero attached hydrogens (tertiary/aromatic N) is 4. The fourth-order valence-corrected chi connectivity index (χ4v) is 6.02. The van der Waals surface area contributed by atoms with Crippen molar-refractivity contribution in [3.05, 3.63) is 71.8 Å². The topological polar surface area (TPSA) is 72.7 Å². The number of hydrogen-bond acceptors (Lipinski definition) is 6. The highest BCUT2D eigenvalue weighted by molar-refractivity contribution is 5.88. The second-order valence-corrected chi connectivity index (χ2v) is 12.3. The van der Waals surface area contributed by atoms with E-state index in [2.05, 4.69) is 49.6 Å². The summed E-state index contributed by atoms with van der Waals surface area (Å²) in [5.41, 5.74) is 4.89. The highest BCUT2D eigenvalue weighted by Gasteiger charge is 2.21. The highest BCUT2D eigenvalue weighted by Crippen LogP contribution is 2.33. The number of aromatic nitrogens is 2. The predicted molar refractivity (Wildman–Crippen MR) is 185 cm³/mol. The zero-order valence-corrected chi connectivity index (χ0v) is 27.5. The number of benzene rings is 2. The Morgan fingerprint density at radius 3 is 1.23 bits per heavy atom. The molecule has 2 heterocycles. The summed E-state index contributed by atoms with van der Waals surface area (Å²) in [7, 11) is 0. The third-order valence-corrected chi connectivity index (χ3v) is 8.65. The van der Waals surface area contributed by atoms with Gasteiger partial charge in [-0.2, -0.15) is 0 Å². The fourth-order valence-electron chi connectivity index (χ4n) is 6.02. The molecule has 2 unspecified atom stereocenters. The molecule has 0 aliphatic heterocycles. The second-order valence-electron chi connectivity index (χ2n) is 12.3. The minimum atomic E-state index is -0.647. The first-order valence-electron chi connectivity index (χ1n) is 17.1. The number of unbranched alkanes of at least 4 members (excludes halogenated alkanes) is 4. The Bertz CT molecular complexity index is 1320. The predicted octanol–water partition coefficient (Wildman–Crippen LogP) is 8.32. The van der Waals surface area contributed by atoms with Gasteiger partial charge in [-0.1, -0.05) is 89.8 Å². The number of aliphatic hydroxyl groups is 2. The molecule has 0 spiro atoms. The van der Waals surface area contributed by atoms with Crippen LogP contribution >= 0.6 is 0 Å². The lowest BCUT2D eigenvalue weighted by molar-refractivity contribution is 0.112. The van der Waals surface area contributed by atoms with Gasteiger partial charge in [-0.15, -0.1) is 0 Å². The summed E-state index contributed by atoms with van der Waals surface area (Å²) >= 11 is 0. The van der Waals surface area contributed by atoms with Gasteiger partial charge in [0.1, 0.15) is 0 Å². The molecule has 2 N–H and O–H groups in total. The molecule has 2 aromatic carbocycles. The molecule has 4 rings (SSSR count). The third kappa shape index (κ3) is 9.07. The minimum Gasteiger partial charge on any atom is -0.387 e. The van der Waals surface area contributed by atoms with Crippen molar-refractivity contribution in [2.75, 3.05) is 39.3 Å². The minimum absolute atomic E-state index is 0.591. The van der Waals surface area contributed by atoms with Crippen LogP contribution in [0.15, 0.2) is 60.7 Å². The van der Waals surface area contributed by atoms with E-state index < -0.39 is 12.2 Å². The van der Waals surface area contributed by atoms with Crippen molar-refractivity contribution in [2.45, 2.75) is 91.3 Å². The molecule has 4 aromatic rings. The molecule has 6 nitrogen and oxygen atoms in total. The zero-order valence-electron chi connectivity index (χ0n) is 27.5. The van der Waals surface area contributed by atoms with Gasteiger partial charge in [0.05, 0.1) is 34.6 Å². The first kappa shape index (κ1) is 34.0. The Kier molecular flexibility index (Phi) is 13.6. The van der Waals surface area contributed by atoms with Crippen molar-refractivity contribution in [2.24, 2.45) is 0 Å². The zero-order chi connectivity index (χ0) is 31.3. The lowest BCUT2D eigenvalue weighted by Gasteiger charge is -2.26. The summed E-state index contributed by atoms with van der Waals surface area (Å²) in [6.07, 6.45) is 7.75. The molecule has 0 amide bonds. The molecule has 0 radical (unpaired) electrons. The largest absolute Gasteiger partial charge is 0.387 e. The molecule has 0 fully saturated rings. The van der Waals surface area contributed by atoms with Gasteiger partial charge in [0.25, 0.3) is 0 Å². The lowest BCUT2D eigenvalue weighted by atomic mass is 9.98. The van der Waals surface area contributed by atoms with Crippen molar-refractivity contribution in [3.63, 3.8) is 0 Å². The monoisotopic (exact) mass is 598 g/mol. The molecule has 0 saturated carbocycles. The van der Waals surface area contributed by atoms with Gasteiger partial charge in [-0.05, 0) is 87.3 Å². The average Bonchev–Trinajstić information content (AvgIpc) is 3.05. The lowest BCUT2D eigenvalue weighted by Crippen LogP contribution is -2.31. The smallest absolute Gasteiger partial charge is 0.0924 e. The van der Waals surface area contributed by atoms with Crippen LogP contribution in [0.25, 0.3) is 33.2 Å². The highest BCUT2D eigenvalue weighted by atomic mass is 16.3. The molecule has 238 valence electrons. The maximum absolute atomic E-state index is 11.7. The molecule has 44 heavy (non-hydrogen) atoms. The van der Waals surface area contributed by atoms with Crippen LogP contribution in [0.2, 0.25) is 0 Å². The Morgan fingerprint density at radius 1 is 0.545 bits per heavy atom. The van der Waals surface area contributed by atoms with Crippen molar-refractivity contribution >= 4 is 21.8 Å². The van der Waals surface area contributed by atoms with E-state index in [1.165, 1.54) is 0 Å². The van der Waals surface area contributed by atoms with Crippen LogP contribution in [-0.2, 0) is 0 Å². The van der Waals surface area contributed by atoms with E-state index in [9.17, 15) is 10.2 Å². The maximum atomic E-state index is 11.7. The Labute approximate surface area is 265 Å². The molecule has 0 bridgehead atoms. The Morgan fingerprint density at radius 2 is 0.886 bits per heavy atom. The van der Waals surface area contributed by atoms with Gasteiger partial charge < -0.3 is 20.0 Å². The summed E-state index contributed by atoms with van der Waals surface area (Å²) in [6, 6.07) is 20.2. The van der Waals surface area contributed by atoms with Gasteiger partial charge in [0, 0.05) is 23.9 Å². The van der Waals surface area contributed by atoms with E-state index in [-0.39, 0.29) is 0 Å². The van der Waals surface area contributed by atoms with Crippen LogP contribution in [0.4, 0.5) is 0 Å². The molecular formula is C38H54N4O2. The Balaban J connectivity index is 1.74. The van der Waals surface area contributed by atoms with E-state index in [0.29, 0.717) is 13.1 Å². The van der Waals surface area contributed by atoms with Crippen molar-refractivity contribution in [1.29, 1.82) is 0 Å². The third-order valence-electron chi connectivity index (χ3n) is 8.65. The van der Waals surface area contributed by atoms with E-state index in [4.69, 9.17) is 9.97 Å². The van der Waals surface area contributed by atoms with Crippen molar-refractivity contribution in [3.8, 4) is 11.4 Å². The summed E-state index contributed by atoms with van der Waals surface area (Å²) < 4.78 is 0. The number of hydrogen-bond donors (Lipinski definition) is 2. The molecule has 6 heteroatoms. The molecule has 0 saturated heterocycles. The second kappa shape index (κ2) is 17.6. The SMILES string of the molecule is CCCCN(CCCC)CC(O)c1cc(-c2cc(C(O)CN(CCCC)CCCC)c3ccccc3n2)nc2ccccc12. The number of para-hydroxylation sites is 2. The van der Waals surface area contributed by atoms with E-state index in [1.54, 1.807) is 0 Å². The van der Waals surface area contributed by atoms with Gasteiger partial charge in [-0.25, -0.2) is 9.97 Å². The number of pyridine rings is 2. The average molecular weight is 599 g/mol. The van der Waals surface area contributed by atoms with Crippen LogP contribution in [0.1, 0.15) is 102 Å². The first-order chi connectivity index (χ1) is 21.5. The van der Waals surface area contributed by atoms with E-state index >= 15 is 0 Å². The number of rotatable bonds is 19. The molecular weight excluding hydrogens is 544 g/mol. The quantitative estimate of drug-likeness (QED) is 0.113. The van der Waals surface area contributed by atoms with Gasteiger partial charge >= 0.3 is 0 Å². The van der Waals surface area contributed by atoms with Crippen LogP contribution in [0, 0.1) is 0 Å². The van der Waals surface area contributed by atoms with E-state index in [0.717, 1.165) is 122 Å². The standard InChI is InChI=1S/C38H54N4O2/c1-5-9-21-41(22-10-6-2)27-37(43)31-25-35(39-33-19-15-13-17-29(31)33)36-26-32(30-18-14-16-20-34(30)40-36)38(44)28-42(23-11-7-3)24-12-8-4/h13-20,25-26,37-38,43-44H,5-12,21-24,27-28H2,1-4H3. The molecule has 0 aliphatic rings. The summed E-state index contributed by atoms with van der Waals surface area (Å²) in [5.74, 6) is 0. The number of fused-ring (bicyclic) bond motifs is 2. The molecule has 2 aromatic heterocycles. The first-order valence-corrected chi connectivity index (χ1v) is 17.1. The van der Waals surface area contributed by atoms with E-state index in [1.807, 2.05) is 48.5 Å². The molecule has 0 aliphatic carbocycles. The van der Waals surface area contributed by atoms with Crippen molar-refractivity contribution < 1.29 is 10.2 Å². The summed E-state index contributed by atoms with van der Waals surface area (Å²) in [5, 5.41) is 25.3. The summed E-state index contributed by atoms with van der Waals surface area (Å²) in [4.78, 5) is 14.9. The number of aliphatic hydroxyl groups excluding tert-OH is 2. The van der Waals surface area contributed by atoms with Gasteiger partial charge in [0.15, 0.2) is 0 Å². The van der Waals surface area contributed by atoms with Gasteiger partial charge in [-0.3, -0.25) is 0 Å². The normalized spacial score (nSPS) is 13.4. The van der Waals surface area contributed by atoms with Crippen LogP contribution in [0.5, 0.6) is 0 Å². The van der Waals surface area contributed by atoms with Crippen molar-refractivity contribution in [1.82, 2.24) is 19.8 Å². The maximum Gasteiger partial charge on any atom is 0.0924 e. The Hall–Kier alpha value is -2.90. The van der Waals surface area contributed by atoms with Crippen LogP contribution in [-0.4, -0.2) is 69.2 Å². The van der Waals surface area contributed by atoms with Crippen LogP contribution in [0.3, 0.4) is 0 Å². The molecule has 2 atom stereocenters. The fraction of sp³-hybridized carbons (Fsp3) is 0.526. The van der Waals surface area contributed by atoms with Crippen LogP contribution < -0.4 is 0 Å². The van der Waals surface area contributed by atoms with Gasteiger partial charge in [0.2, 0.25) is 0 Å². The summed E-state index contributed by atoms with van der Waals surface area (Å²) in [6.45, 7) is 14.0.